The van der Waals surface area contributed by atoms with Gasteiger partial charge in [-0.05, 0) is 54.6 Å². The Morgan fingerprint density at radius 3 is 2.32 bits per heavy atom. The number of nitrogens with zero attached hydrogens (tertiary/aromatic N) is 1. The van der Waals surface area contributed by atoms with Gasteiger partial charge >= 0.3 is 0 Å². The molecule has 0 aliphatic carbocycles. The molecule has 114 valence electrons. The lowest BCUT2D eigenvalue weighted by molar-refractivity contribution is 0.588. The van der Waals surface area contributed by atoms with Crippen LogP contribution in [0.25, 0.3) is 11.0 Å². The molecule has 0 fully saturated rings. The van der Waals surface area contributed by atoms with Crippen molar-refractivity contribution in [2.45, 2.75) is 18.7 Å². The molecule has 2 aromatic heterocycles. The third-order valence-corrected chi connectivity index (χ3v) is 6.66. The minimum atomic E-state index is -3.72. The monoisotopic (exact) mass is 428 g/mol. The second-order valence-corrected chi connectivity index (χ2v) is 7.93. The molecule has 5 nitrogen and oxygen atoms in total. The van der Waals surface area contributed by atoms with Crippen molar-refractivity contribution in [2.24, 2.45) is 0 Å². The van der Waals surface area contributed by atoms with Gasteiger partial charge in [-0.3, -0.25) is 4.79 Å². The van der Waals surface area contributed by atoms with Crippen molar-refractivity contribution >= 4 is 43.6 Å². The molecule has 0 saturated heterocycles. The molecule has 0 aliphatic heterocycles. The number of nitrogens with one attached hydrogen (secondary N) is 1. The molecule has 2 heterocycles. The second kappa shape index (κ2) is 5.24. The Morgan fingerprint density at radius 1 is 1.05 bits per heavy atom. The molecule has 3 aromatic rings. The number of benzene rings is 1. The predicted molar refractivity (Wildman–Crippen MR) is 93.8 cm³/mol. The predicted octanol–water partition coefficient (Wildman–Crippen LogP) is 2.79. The van der Waals surface area contributed by atoms with E-state index in [1.54, 1.807) is 31.2 Å². The fourth-order valence-electron chi connectivity index (χ4n) is 2.38. The number of aryl methyl sites for hydroxylation is 1. The summed E-state index contributed by atoms with van der Waals surface area (Å²) in [5, 5.41) is 0. The van der Waals surface area contributed by atoms with E-state index in [1.165, 1.54) is 16.1 Å². The standard InChI is InChI=1S/C15H13IN2O3S/c1-9-3-5-11(6-4-9)22(20,21)18-10(2)14(16)15-12(18)7-8-13(19)17-15/h3-8H,1-2H3,(H,17,19). The molecule has 0 spiro atoms. The van der Waals surface area contributed by atoms with Gasteiger partial charge in [-0.25, -0.2) is 12.4 Å². The molecule has 1 aromatic carbocycles. The van der Waals surface area contributed by atoms with E-state index in [2.05, 4.69) is 4.98 Å². The van der Waals surface area contributed by atoms with Crippen LogP contribution >= 0.6 is 22.6 Å². The smallest absolute Gasteiger partial charge is 0.268 e. The van der Waals surface area contributed by atoms with E-state index in [-0.39, 0.29) is 10.5 Å². The summed E-state index contributed by atoms with van der Waals surface area (Å²) < 4.78 is 27.9. The maximum atomic E-state index is 12.9. The van der Waals surface area contributed by atoms with Gasteiger partial charge in [0.1, 0.15) is 0 Å². The first-order valence-electron chi connectivity index (χ1n) is 6.54. The SMILES string of the molecule is Cc1ccc(S(=O)(=O)n2c(C)c(I)c3[nH]c(=O)ccc32)cc1. The van der Waals surface area contributed by atoms with Crippen LogP contribution in [0.4, 0.5) is 0 Å². The average Bonchev–Trinajstić information content (AvgIpc) is 2.72. The Bertz CT molecular complexity index is 1030. The summed E-state index contributed by atoms with van der Waals surface area (Å²) >= 11 is 2.05. The minimum absolute atomic E-state index is 0.223. The zero-order valence-corrected chi connectivity index (χ0v) is 14.9. The molecule has 0 bridgehead atoms. The van der Waals surface area contributed by atoms with Crippen LogP contribution in [-0.4, -0.2) is 17.4 Å². The van der Waals surface area contributed by atoms with Crippen LogP contribution in [0.5, 0.6) is 0 Å². The lowest BCUT2D eigenvalue weighted by Crippen LogP contribution is -2.15. The van der Waals surface area contributed by atoms with Crippen molar-refractivity contribution in [3.05, 3.63) is 61.6 Å². The molecule has 0 aliphatic rings. The van der Waals surface area contributed by atoms with Crippen LogP contribution < -0.4 is 5.56 Å². The molecular formula is C15H13IN2O3S. The van der Waals surface area contributed by atoms with Gasteiger partial charge < -0.3 is 4.98 Å². The van der Waals surface area contributed by atoms with Crippen LogP contribution in [-0.2, 0) is 10.0 Å². The zero-order valence-electron chi connectivity index (χ0n) is 11.9. The summed E-state index contributed by atoms with van der Waals surface area (Å²) in [6.45, 7) is 3.63. The Hall–Kier alpha value is -1.61. The number of hydrogen-bond acceptors (Lipinski definition) is 3. The van der Waals surface area contributed by atoms with E-state index < -0.39 is 10.0 Å². The van der Waals surface area contributed by atoms with Gasteiger partial charge in [-0.2, -0.15) is 0 Å². The summed E-state index contributed by atoms with van der Waals surface area (Å²) in [4.78, 5) is 14.4. The largest absolute Gasteiger partial charge is 0.320 e. The molecule has 0 radical (unpaired) electrons. The lowest BCUT2D eigenvalue weighted by Gasteiger charge is -2.10. The highest BCUT2D eigenvalue weighted by Gasteiger charge is 2.24. The topological polar surface area (TPSA) is 71.9 Å². The Balaban J connectivity index is 2.37. The maximum Gasteiger partial charge on any atom is 0.268 e. The molecule has 22 heavy (non-hydrogen) atoms. The molecule has 0 amide bonds. The van der Waals surface area contributed by atoms with E-state index in [0.717, 1.165) is 9.13 Å². The third kappa shape index (κ3) is 2.28. The number of pyridine rings is 1. The van der Waals surface area contributed by atoms with Crippen molar-refractivity contribution in [3.63, 3.8) is 0 Å². The quantitative estimate of drug-likeness (QED) is 0.639. The Labute approximate surface area is 141 Å². The van der Waals surface area contributed by atoms with E-state index in [4.69, 9.17) is 0 Å². The van der Waals surface area contributed by atoms with Crippen LogP contribution in [0.2, 0.25) is 0 Å². The normalized spacial score (nSPS) is 12.0. The lowest BCUT2D eigenvalue weighted by atomic mass is 10.2. The highest BCUT2D eigenvalue weighted by Crippen LogP contribution is 2.28. The number of hydrogen-bond donors (Lipinski definition) is 1. The number of aromatic amines is 1. The molecule has 0 atom stereocenters. The Kier molecular flexibility index (Phi) is 3.64. The van der Waals surface area contributed by atoms with E-state index >= 15 is 0 Å². The first-order valence-corrected chi connectivity index (χ1v) is 9.06. The van der Waals surface area contributed by atoms with Gasteiger partial charge in [0.2, 0.25) is 5.56 Å². The van der Waals surface area contributed by atoms with Gasteiger partial charge in [-0.15, -0.1) is 0 Å². The van der Waals surface area contributed by atoms with Gasteiger partial charge in [0, 0.05) is 11.8 Å². The van der Waals surface area contributed by atoms with Crippen LogP contribution in [0.15, 0.2) is 46.1 Å². The second-order valence-electron chi connectivity index (χ2n) is 5.06. The Morgan fingerprint density at radius 2 is 1.68 bits per heavy atom. The minimum Gasteiger partial charge on any atom is -0.320 e. The van der Waals surface area contributed by atoms with Gasteiger partial charge in [0.15, 0.2) is 0 Å². The van der Waals surface area contributed by atoms with E-state index in [0.29, 0.717) is 16.7 Å². The molecule has 0 unspecified atom stereocenters. The van der Waals surface area contributed by atoms with Gasteiger partial charge in [-0.1, -0.05) is 17.7 Å². The number of rotatable bonds is 2. The molecule has 1 N–H and O–H groups in total. The summed E-state index contributed by atoms with van der Waals surface area (Å²) in [5.74, 6) is 0. The third-order valence-electron chi connectivity index (χ3n) is 3.52. The van der Waals surface area contributed by atoms with Gasteiger partial charge in [0.25, 0.3) is 10.0 Å². The number of aromatic nitrogens is 2. The number of fused-ring (bicyclic) bond motifs is 1. The fourth-order valence-corrected chi connectivity index (χ4v) is 4.75. The summed E-state index contributed by atoms with van der Waals surface area (Å²) in [7, 11) is -3.72. The first-order chi connectivity index (χ1) is 10.3. The summed E-state index contributed by atoms with van der Waals surface area (Å²) in [6.07, 6.45) is 0. The highest BCUT2D eigenvalue weighted by atomic mass is 127. The van der Waals surface area contributed by atoms with E-state index in [9.17, 15) is 13.2 Å². The highest BCUT2D eigenvalue weighted by molar-refractivity contribution is 14.1. The first kappa shape index (κ1) is 15.3. The van der Waals surface area contributed by atoms with Gasteiger partial charge in [0.05, 0.1) is 19.5 Å². The van der Waals surface area contributed by atoms with Crippen molar-refractivity contribution in [1.29, 1.82) is 0 Å². The maximum absolute atomic E-state index is 12.9. The van der Waals surface area contributed by atoms with Crippen molar-refractivity contribution < 1.29 is 8.42 Å². The summed E-state index contributed by atoms with van der Waals surface area (Å²) in [6, 6.07) is 9.58. The fraction of sp³-hybridized carbons (Fsp3) is 0.133. The molecule has 3 rings (SSSR count). The van der Waals surface area contributed by atoms with E-state index in [1.807, 2.05) is 29.5 Å². The van der Waals surface area contributed by atoms with Crippen LogP contribution in [0.1, 0.15) is 11.3 Å². The van der Waals surface area contributed by atoms with Crippen molar-refractivity contribution in [2.75, 3.05) is 0 Å². The average molecular weight is 428 g/mol. The van der Waals surface area contributed by atoms with Crippen LogP contribution in [0, 0.1) is 17.4 Å². The van der Waals surface area contributed by atoms with Crippen molar-refractivity contribution in [1.82, 2.24) is 8.96 Å². The number of H-pyrrole nitrogens is 1. The molecular weight excluding hydrogens is 415 g/mol. The van der Waals surface area contributed by atoms with Crippen LogP contribution in [0.3, 0.4) is 0 Å². The molecule has 0 saturated carbocycles. The zero-order chi connectivity index (χ0) is 16.1. The summed E-state index contributed by atoms with van der Waals surface area (Å²) in [5.41, 5.74) is 2.34. The van der Waals surface area contributed by atoms with Crippen molar-refractivity contribution in [3.8, 4) is 0 Å². The molecule has 7 heteroatoms. The number of halogens is 1.